The number of esters is 1. The van der Waals surface area contributed by atoms with E-state index in [0.29, 0.717) is 44.7 Å². The highest BCUT2D eigenvalue weighted by atomic mass is 16.5. The average molecular weight is 343 g/mol. The lowest BCUT2D eigenvalue weighted by Crippen LogP contribution is -2.41. The van der Waals surface area contributed by atoms with Gasteiger partial charge in [0.2, 0.25) is 0 Å². The van der Waals surface area contributed by atoms with Crippen molar-refractivity contribution in [3.63, 3.8) is 0 Å². The molecule has 0 atom stereocenters. The minimum Gasteiger partial charge on any atom is -0.466 e. The number of amides is 1. The van der Waals surface area contributed by atoms with Crippen LogP contribution in [-0.4, -0.2) is 45.9 Å². The number of fused-ring (bicyclic) bond motifs is 1. The maximum atomic E-state index is 13.1. The topological polar surface area (TPSA) is 63.9 Å². The van der Waals surface area contributed by atoms with E-state index in [1.165, 1.54) is 0 Å². The molecular weight excluding hydrogens is 318 g/mol. The van der Waals surface area contributed by atoms with E-state index in [-0.39, 0.29) is 17.8 Å². The molecule has 1 aliphatic heterocycles. The predicted octanol–water partition coefficient (Wildman–Crippen LogP) is 2.62. The molecule has 134 valence electrons. The third kappa shape index (κ3) is 3.38. The van der Waals surface area contributed by atoms with Gasteiger partial charge in [0.1, 0.15) is 11.3 Å². The van der Waals surface area contributed by atoms with Gasteiger partial charge in [-0.05, 0) is 44.7 Å². The molecule has 1 fully saturated rings. The number of hydrogen-bond donors (Lipinski definition) is 0. The van der Waals surface area contributed by atoms with Crippen molar-refractivity contribution in [2.24, 2.45) is 5.92 Å². The van der Waals surface area contributed by atoms with Crippen molar-refractivity contribution in [1.82, 2.24) is 14.3 Å². The monoisotopic (exact) mass is 343 g/mol. The Morgan fingerprint density at radius 3 is 2.60 bits per heavy atom. The van der Waals surface area contributed by atoms with Gasteiger partial charge in [0.15, 0.2) is 0 Å². The van der Waals surface area contributed by atoms with Crippen LogP contribution in [-0.2, 0) is 16.0 Å². The Hall–Kier alpha value is -2.37. The fourth-order valence-corrected chi connectivity index (χ4v) is 3.40. The number of likely N-dealkylation sites (tertiary alicyclic amines) is 1. The van der Waals surface area contributed by atoms with E-state index >= 15 is 0 Å². The summed E-state index contributed by atoms with van der Waals surface area (Å²) in [6, 6.07) is 3.94. The first kappa shape index (κ1) is 17.5. The van der Waals surface area contributed by atoms with Crippen molar-refractivity contribution in [2.75, 3.05) is 19.7 Å². The van der Waals surface area contributed by atoms with Crippen LogP contribution in [0.4, 0.5) is 0 Å². The summed E-state index contributed by atoms with van der Waals surface area (Å²) in [6.45, 7) is 7.38. The van der Waals surface area contributed by atoms with Crippen LogP contribution in [0.1, 0.15) is 48.4 Å². The predicted molar refractivity (Wildman–Crippen MR) is 94.6 cm³/mol. The summed E-state index contributed by atoms with van der Waals surface area (Å²) < 4.78 is 7.00. The number of rotatable bonds is 4. The molecule has 6 heteroatoms. The molecule has 6 nitrogen and oxygen atoms in total. The third-order valence-corrected chi connectivity index (χ3v) is 4.78. The van der Waals surface area contributed by atoms with Gasteiger partial charge in [-0.25, -0.2) is 4.98 Å². The van der Waals surface area contributed by atoms with Crippen LogP contribution in [0.3, 0.4) is 0 Å². The Labute approximate surface area is 147 Å². The van der Waals surface area contributed by atoms with Crippen LogP contribution < -0.4 is 0 Å². The summed E-state index contributed by atoms with van der Waals surface area (Å²) in [4.78, 5) is 31.4. The molecule has 2 aromatic rings. The number of carbonyl (C=O) groups excluding carboxylic acids is 2. The van der Waals surface area contributed by atoms with Crippen LogP contribution >= 0.6 is 0 Å². The van der Waals surface area contributed by atoms with Crippen LogP contribution in [0.2, 0.25) is 0 Å². The summed E-state index contributed by atoms with van der Waals surface area (Å²) in [6.07, 6.45) is 3.98. The van der Waals surface area contributed by atoms with Gasteiger partial charge in [0.05, 0.1) is 18.2 Å². The molecule has 1 aliphatic rings. The number of ether oxygens (including phenoxy) is 1. The first-order valence-electron chi connectivity index (χ1n) is 8.98. The smallest absolute Gasteiger partial charge is 0.309 e. The standard InChI is InChI=1S/C19H25N3O3/c1-4-15-17(22-12-13(3)6-7-16(22)20-15)18(23)21-10-8-14(9-11-21)19(24)25-5-2/h6-7,12,14H,4-5,8-11H2,1-3H3. The highest BCUT2D eigenvalue weighted by molar-refractivity contribution is 5.95. The summed E-state index contributed by atoms with van der Waals surface area (Å²) >= 11 is 0. The molecule has 0 unspecified atom stereocenters. The average Bonchev–Trinajstić information content (AvgIpc) is 2.99. The number of carbonyl (C=O) groups is 2. The van der Waals surface area contributed by atoms with E-state index in [0.717, 1.165) is 16.9 Å². The van der Waals surface area contributed by atoms with Gasteiger partial charge in [-0.1, -0.05) is 13.0 Å². The molecule has 3 rings (SSSR count). The summed E-state index contributed by atoms with van der Waals surface area (Å²) in [5.74, 6) is -0.245. The van der Waals surface area contributed by atoms with E-state index in [1.54, 1.807) is 0 Å². The largest absolute Gasteiger partial charge is 0.466 e. The zero-order valence-electron chi connectivity index (χ0n) is 15.1. The Morgan fingerprint density at radius 2 is 1.96 bits per heavy atom. The van der Waals surface area contributed by atoms with E-state index in [9.17, 15) is 9.59 Å². The summed E-state index contributed by atoms with van der Waals surface area (Å²) in [5, 5.41) is 0. The van der Waals surface area contributed by atoms with Crippen LogP contribution in [0.15, 0.2) is 18.3 Å². The molecule has 0 saturated carbocycles. The Kier molecular flexibility index (Phi) is 5.06. The van der Waals surface area contributed by atoms with Crippen LogP contribution in [0.5, 0.6) is 0 Å². The van der Waals surface area contributed by atoms with E-state index in [4.69, 9.17) is 4.74 Å². The number of aromatic nitrogens is 2. The Balaban J connectivity index is 1.81. The second-order valence-electron chi connectivity index (χ2n) is 6.51. The molecule has 1 saturated heterocycles. The number of piperidine rings is 1. The van der Waals surface area contributed by atoms with Crippen molar-refractivity contribution in [1.29, 1.82) is 0 Å². The molecule has 25 heavy (non-hydrogen) atoms. The lowest BCUT2D eigenvalue weighted by molar-refractivity contribution is -0.149. The first-order chi connectivity index (χ1) is 12.0. The van der Waals surface area contributed by atoms with Crippen molar-refractivity contribution < 1.29 is 14.3 Å². The van der Waals surface area contributed by atoms with Gasteiger partial charge in [0.25, 0.3) is 5.91 Å². The molecular formula is C19H25N3O3. The lowest BCUT2D eigenvalue weighted by atomic mass is 9.96. The molecule has 3 heterocycles. The fraction of sp³-hybridized carbons (Fsp3) is 0.526. The van der Waals surface area contributed by atoms with Crippen molar-refractivity contribution in [2.45, 2.75) is 40.0 Å². The molecule has 1 amide bonds. The number of nitrogens with zero attached hydrogens (tertiary/aromatic N) is 3. The van der Waals surface area contributed by atoms with Crippen LogP contribution in [0.25, 0.3) is 5.65 Å². The molecule has 0 radical (unpaired) electrons. The fourth-order valence-electron chi connectivity index (χ4n) is 3.40. The van der Waals surface area contributed by atoms with Crippen molar-refractivity contribution in [3.05, 3.63) is 35.3 Å². The second-order valence-corrected chi connectivity index (χ2v) is 6.51. The normalized spacial score (nSPS) is 15.6. The molecule has 0 aromatic carbocycles. The maximum absolute atomic E-state index is 13.1. The van der Waals surface area contributed by atoms with Gasteiger partial charge in [0, 0.05) is 19.3 Å². The second kappa shape index (κ2) is 7.25. The van der Waals surface area contributed by atoms with Crippen molar-refractivity contribution >= 4 is 17.5 Å². The SMILES string of the molecule is CCOC(=O)C1CCN(C(=O)c2c(CC)nc3ccc(C)cn23)CC1. The maximum Gasteiger partial charge on any atom is 0.309 e. The van der Waals surface area contributed by atoms with E-state index in [2.05, 4.69) is 4.98 Å². The Bertz CT molecular complexity index is 789. The van der Waals surface area contributed by atoms with Gasteiger partial charge in [-0.2, -0.15) is 0 Å². The highest BCUT2D eigenvalue weighted by Gasteiger charge is 2.30. The summed E-state index contributed by atoms with van der Waals surface area (Å²) in [7, 11) is 0. The zero-order valence-corrected chi connectivity index (χ0v) is 15.1. The molecule has 0 spiro atoms. The van der Waals surface area contributed by atoms with Crippen LogP contribution in [0, 0.1) is 12.8 Å². The quantitative estimate of drug-likeness (QED) is 0.801. The third-order valence-electron chi connectivity index (χ3n) is 4.78. The molecule has 0 N–H and O–H groups in total. The number of imidazole rings is 1. The van der Waals surface area contributed by atoms with Gasteiger partial charge in [-0.3, -0.25) is 14.0 Å². The van der Waals surface area contributed by atoms with E-state index in [1.807, 2.05) is 48.4 Å². The molecule has 0 bridgehead atoms. The zero-order chi connectivity index (χ0) is 18.0. The first-order valence-corrected chi connectivity index (χ1v) is 8.98. The summed E-state index contributed by atoms with van der Waals surface area (Å²) in [5.41, 5.74) is 3.36. The van der Waals surface area contributed by atoms with Gasteiger partial charge >= 0.3 is 5.97 Å². The molecule has 0 aliphatic carbocycles. The minimum atomic E-state index is -0.144. The Morgan fingerprint density at radius 1 is 1.24 bits per heavy atom. The number of hydrogen-bond acceptors (Lipinski definition) is 4. The molecule has 2 aromatic heterocycles. The number of pyridine rings is 1. The van der Waals surface area contributed by atoms with E-state index < -0.39 is 0 Å². The van der Waals surface area contributed by atoms with Gasteiger partial charge < -0.3 is 9.64 Å². The highest BCUT2D eigenvalue weighted by Crippen LogP contribution is 2.23. The number of aryl methyl sites for hydroxylation is 2. The van der Waals surface area contributed by atoms with Gasteiger partial charge in [-0.15, -0.1) is 0 Å². The van der Waals surface area contributed by atoms with Crippen molar-refractivity contribution in [3.8, 4) is 0 Å². The minimum absolute atomic E-state index is 0.00254. The lowest BCUT2D eigenvalue weighted by Gasteiger charge is -2.31.